The summed E-state index contributed by atoms with van der Waals surface area (Å²) in [6.07, 6.45) is 9.37. The van der Waals surface area contributed by atoms with Crippen LogP contribution in [0.25, 0.3) is 0 Å². The summed E-state index contributed by atoms with van der Waals surface area (Å²) in [7, 11) is 0. The number of nitrogens with one attached hydrogen (secondary N) is 1. The summed E-state index contributed by atoms with van der Waals surface area (Å²) in [5, 5.41) is 0. The number of aromatic nitrogens is 1. The van der Waals surface area contributed by atoms with E-state index in [0.717, 1.165) is 24.5 Å². The van der Waals surface area contributed by atoms with Gasteiger partial charge < -0.3 is 0 Å². The fraction of sp³-hybridized carbons (Fsp3) is 0.615. The maximum atomic E-state index is 5.59. The van der Waals surface area contributed by atoms with Gasteiger partial charge in [-0.3, -0.25) is 16.3 Å². The number of aryl methyl sites for hydroxylation is 1. The molecule has 0 amide bonds. The van der Waals surface area contributed by atoms with E-state index in [0.29, 0.717) is 6.04 Å². The molecule has 3 nitrogen and oxygen atoms in total. The summed E-state index contributed by atoms with van der Waals surface area (Å²) in [5.74, 6) is 6.50. The third-order valence-corrected chi connectivity index (χ3v) is 3.55. The van der Waals surface area contributed by atoms with Crippen molar-refractivity contribution < 1.29 is 0 Å². The van der Waals surface area contributed by atoms with Gasteiger partial charge in [-0.2, -0.15) is 0 Å². The van der Waals surface area contributed by atoms with Crippen molar-refractivity contribution in [2.45, 2.75) is 44.6 Å². The minimum atomic E-state index is 0.451. The van der Waals surface area contributed by atoms with Gasteiger partial charge in [-0.25, -0.2) is 0 Å². The minimum absolute atomic E-state index is 0.451. The molecule has 1 heterocycles. The maximum Gasteiger partial charge on any atom is 0.0404 e. The Morgan fingerprint density at radius 2 is 2.31 bits per heavy atom. The van der Waals surface area contributed by atoms with Gasteiger partial charge in [0.05, 0.1) is 0 Å². The molecule has 3 N–H and O–H groups in total. The molecule has 1 saturated carbocycles. The number of rotatable bonds is 6. The summed E-state index contributed by atoms with van der Waals surface area (Å²) < 4.78 is 0. The third kappa shape index (κ3) is 3.29. The molecular weight excluding hydrogens is 198 g/mol. The van der Waals surface area contributed by atoms with E-state index in [9.17, 15) is 0 Å². The molecule has 16 heavy (non-hydrogen) atoms. The average Bonchev–Trinajstić information content (AvgIpc) is 2.28. The Labute approximate surface area is 97.4 Å². The lowest BCUT2D eigenvalue weighted by atomic mass is 9.80. The van der Waals surface area contributed by atoms with E-state index in [1.807, 2.05) is 18.3 Å². The Morgan fingerprint density at radius 1 is 1.44 bits per heavy atom. The average molecular weight is 219 g/mol. The normalized spacial score (nSPS) is 18.1. The number of hydrazine groups is 1. The van der Waals surface area contributed by atoms with Crippen molar-refractivity contribution in [2.24, 2.45) is 11.8 Å². The molecule has 1 aromatic rings. The lowest BCUT2D eigenvalue weighted by Crippen LogP contribution is -2.38. The van der Waals surface area contributed by atoms with E-state index in [1.54, 1.807) is 0 Å². The molecule has 0 bridgehead atoms. The highest BCUT2D eigenvalue weighted by Crippen LogP contribution is 2.31. The summed E-state index contributed by atoms with van der Waals surface area (Å²) in [6, 6.07) is 6.53. The predicted octanol–water partition coefficient (Wildman–Crippen LogP) is 2.04. The van der Waals surface area contributed by atoms with E-state index < -0.39 is 0 Å². The van der Waals surface area contributed by atoms with Crippen molar-refractivity contribution in [3.8, 4) is 0 Å². The first-order valence-corrected chi connectivity index (χ1v) is 6.24. The molecule has 0 radical (unpaired) electrons. The molecule has 0 spiro atoms. The van der Waals surface area contributed by atoms with Crippen molar-refractivity contribution >= 4 is 0 Å². The topological polar surface area (TPSA) is 50.9 Å². The second kappa shape index (κ2) is 5.97. The van der Waals surface area contributed by atoms with Crippen LogP contribution in [0.1, 0.15) is 37.8 Å². The molecule has 88 valence electrons. The van der Waals surface area contributed by atoms with Crippen molar-refractivity contribution in [3.63, 3.8) is 0 Å². The Balaban J connectivity index is 1.73. The molecule has 0 aliphatic heterocycles. The maximum absolute atomic E-state index is 5.59. The quantitative estimate of drug-likeness (QED) is 0.568. The number of nitrogens with two attached hydrogens (primary N) is 1. The van der Waals surface area contributed by atoms with Gasteiger partial charge in [0, 0.05) is 17.9 Å². The van der Waals surface area contributed by atoms with Crippen LogP contribution in [0.3, 0.4) is 0 Å². The van der Waals surface area contributed by atoms with Crippen molar-refractivity contribution in [1.82, 2.24) is 10.4 Å². The molecule has 0 aromatic carbocycles. The van der Waals surface area contributed by atoms with Crippen LogP contribution in [0, 0.1) is 5.92 Å². The monoisotopic (exact) mass is 219 g/mol. The first-order valence-electron chi connectivity index (χ1n) is 6.24. The lowest BCUT2D eigenvalue weighted by molar-refractivity contribution is 0.255. The van der Waals surface area contributed by atoms with Crippen LogP contribution < -0.4 is 11.3 Å². The Morgan fingerprint density at radius 3 is 2.88 bits per heavy atom. The highest BCUT2D eigenvalue weighted by Gasteiger charge is 2.21. The zero-order valence-electron chi connectivity index (χ0n) is 9.73. The molecule has 2 rings (SSSR count). The minimum Gasteiger partial charge on any atom is -0.271 e. The van der Waals surface area contributed by atoms with Crippen LogP contribution in [0.4, 0.5) is 0 Å². The van der Waals surface area contributed by atoms with Crippen LogP contribution in [0.15, 0.2) is 24.4 Å². The smallest absolute Gasteiger partial charge is 0.0404 e. The van der Waals surface area contributed by atoms with Crippen LogP contribution in [-0.2, 0) is 6.42 Å². The number of nitrogens with zero attached hydrogens (tertiary/aromatic N) is 1. The standard InChI is InChI=1S/C13H21N3/c14-16-13(10-11-4-3-5-11)8-7-12-6-1-2-9-15-12/h1-2,6,9,11,13,16H,3-5,7-8,10,14H2. The molecule has 1 unspecified atom stereocenters. The number of pyridine rings is 1. The van der Waals surface area contributed by atoms with E-state index in [1.165, 1.54) is 25.7 Å². The van der Waals surface area contributed by atoms with E-state index in [2.05, 4.69) is 16.5 Å². The van der Waals surface area contributed by atoms with Gasteiger partial charge in [0.1, 0.15) is 0 Å². The zero-order chi connectivity index (χ0) is 11.2. The molecule has 3 heteroatoms. The molecule has 1 aromatic heterocycles. The van der Waals surface area contributed by atoms with E-state index in [4.69, 9.17) is 5.84 Å². The van der Waals surface area contributed by atoms with Crippen LogP contribution in [0.2, 0.25) is 0 Å². The van der Waals surface area contributed by atoms with Gasteiger partial charge in [-0.1, -0.05) is 25.3 Å². The van der Waals surface area contributed by atoms with Crippen molar-refractivity contribution in [3.05, 3.63) is 30.1 Å². The SMILES string of the molecule is NNC(CCc1ccccn1)CC1CCC1. The molecule has 1 aliphatic rings. The van der Waals surface area contributed by atoms with Crippen LogP contribution in [0.5, 0.6) is 0 Å². The van der Waals surface area contributed by atoms with Gasteiger partial charge in [0.25, 0.3) is 0 Å². The second-order valence-corrected chi connectivity index (χ2v) is 4.76. The van der Waals surface area contributed by atoms with Crippen LogP contribution >= 0.6 is 0 Å². The summed E-state index contributed by atoms with van der Waals surface area (Å²) >= 11 is 0. The van der Waals surface area contributed by atoms with E-state index in [-0.39, 0.29) is 0 Å². The third-order valence-electron chi connectivity index (χ3n) is 3.55. The van der Waals surface area contributed by atoms with Crippen molar-refractivity contribution in [1.29, 1.82) is 0 Å². The molecule has 1 fully saturated rings. The summed E-state index contributed by atoms with van der Waals surface area (Å²) in [6.45, 7) is 0. The first kappa shape index (κ1) is 11.6. The van der Waals surface area contributed by atoms with Gasteiger partial charge in [0.15, 0.2) is 0 Å². The van der Waals surface area contributed by atoms with Crippen LogP contribution in [-0.4, -0.2) is 11.0 Å². The second-order valence-electron chi connectivity index (χ2n) is 4.76. The number of hydrogen-bond acceptors (Lipinski definition) is 3. The summed E-state index contributed by atoms with van der Waals surface area (Å²) in [5.41, 5.74) is 4.11. The molecule has 0 saturated heterocycles. The Kier molecular flexibility index (Phi) is 4.31. The highest BCUT2D eigenvalue weighted by atomic mass is 15.2. The Bertz CT molecular complexity index is 295. The fourth-order valence-electron chi connectivity index (χ4n) is 2.27. The van der Waals surface area contributed by atoms with Gasteiger partial charge in [-0.15, -0.1) is 0 Å². The Hall–Kier alpha value is -0.930. The van der Waals surface area contributed by atoms with Gasteiger partial charge in [-0.05, 0) is 37.3 Å². The fourth-order valence-corrected chi connectivity index (χ4v) is 2.27. The lowest BCUT2D eigenvalue weighted by Gasteiger charge is -2.29. The van der Waals surface area contributed by atoms with Gasteiger partial charge >= 0.3 is 0 Å². The predicted molar refractivity (Wildman–Crippen MR) is 65.6 cm³/mol. The van der Waals surface area contributed by atoms with Crippen molar-refractivity contribution in [2.75, 3.05) is 0 Å². The number of hydrogen-bond donors (Lipinski definition) is 2. The largest absolute Gasteiger partial charge is 0.271 e. The highest BCUT2D eigenvalue weighted by molar-refractivity contribution is 5.03. The summed E-state index contributed by atoms with van der Waals surface area (Å²) in [4.78, 5) is 4.33. The van der Waals surface area contributed by atoms with E-state index >= 15 is 0 Å². The zero-order valence-corrected chi connectivity index (χ0v) is 9.73. The molecule has 1 aliphatic carbocycles. The molecule has 1 atom stereocenters. The first-order chi connectivity index (χ1) is 7.88. The van der Waals surface area contributed by atoms with Gasteiger partial charge in [0.2, 0.25) is 0 Å². The molecular formula is C13H21N3.